The summed E-state index contributed by atoms with van der Waals surface area (Å²) in [5.41, 5.74) is 0. The summed E-state index contributed by atoms with van der Waals surface area (Å²) in [7, 11) is 0. The second-order valence-corrected chi connectivity index (χ2v) is 7.09. The minimum Gasteiger partial charge on any atom is -0.298 e. The van der Waals surface area contributed by atoms with Gasteiger partial charge in [0.1, 0.15) is 0 Å². The first-order valence-corrected chi connectivity index (χ1v) is 8.24. The summed E-state index contributed by atoms with van der Waals surface area (Å²) < 4.78 is 0. The zero-order chi connectivity index (χ0) is 12.5. The molecule has 0 radical (unpaired) electrons. The molecule has 2 heterocycles. The predicted octanol–water partition coefficient (Wildman–Crippen LogP) is 2.98. The molecule has 1 saturated carbocycles. The molecule has 0 bridgehead atoms. The molecule has 2 nitrogen and oxygen atoms in total. The summed E-state index contributed by atoms with van der Waals surface area (Å²) in [6, 6.07) is 1.74. The summed E-state index contributed by atoms with van der Waals surface area (Å²) >= 11 is 0. The lowest BCUT2D eigenvalue weighted by Crippen LogP contribution is -2.56. The number of piperazine rings is 1. The summed E-state index contributed by atoms with van der Waals surface area (Å²) in [6.45, 7) is 10.3. The number of nitrogens with zero attached hydrogens (tertiary/aromatic N) is 2. The van der Waals surface area contributed by atoms with Gasteiger partial charge in [-0.25, -0.2) is 0 Å². The van der Waals surface area contributed by atoms with Crippen molar-refractivity contribution in [3.8, 4) is 0 Å². The minimum atomic E-state index is 0.843. The van der Waals surface area contributed by atoms with E-state index in [1.165, 1.54) is 64.7 Å². The van der Waals surface area contributed by atoms with Gasteiger partial charge < -0.3 is 0 Å². The first-order chi connectivity index (χ1) is 8.76. The van der Waals surface area contributed by atoms with E-state index >= 15 is 0 Å². The van der Waals surface area contributed by atoms with Crippen molar-refractivity contribution in [2.24, 2.45) is 11.8 Å². The van der Waals surface area contributed by atoms with Crippen LogP contribution in [0.4, 0.5) is 0 Å². The Kier molecular flexibility index (Phi) is 3.95. The Labute approximate surface area is 113 Å². The lowest BCUT2D eigenvalue weighted by Gasteiger charge is -2.44. The van der Waals surface area contributed by atoms with Crippen LogP contribution in [0.5, 0.6) is 0 Å². The monoisotopic (exact) mass is 250 g/mol. The van der Waals surface area contributed by atoms with Crippen LogP contribution in [-0.2, 0) is 0 Å². The van der Waals surface area contributed by atoms with E-state index in [0.717, 1.165) is 23.9 Å². The highest BCUT2D eigenvalue weighted by atomic mass is 15.3. The van der Waals surface area contributed by atoms with E-state index < -0.39 is 0 Å². The van der Waals surface area contributed by atoms with Gasteiger partial charge in [-0.2, -0.15) is 0 Å². The number of hydrogen-bond donors (Lipinski definition) is 0. The maximum atomic E-state index is 2.86. The molecule has 3 aliphatic rings. The molecule has 2 saturated heterocycles. The van der Waals surface area contributed by atoms with Gasteiger partial charge in [0.25, 0.3) is 0 Å². The third kappa shape index (κ3) is 2.60. The van der Waals surface area contributed by atoms with Crippen molar-refractivity contribution in [1.29, 1.82) is 0 Å². The predicted molar refractivity (Wildman–Crippen MR) is 76.8 cm³/mol. The number of rotatable bonds is 3. The van der Waals surface area contributed by atoms with Crippen molar-refractivity contribution in [2.75, 3.05) is 26.2 Å². The first-order valence-electron chi connectivity index (χ1n) is 8.24. The van der Waals surface area contributed by atoms with Crippen LogP contribution in [0.1, 0.15) is 52.4 Å². The Morgan fingerprint density at radius 2 is 2.00 bits per heavy atom. The van der Waals surface area contributed by atoms with Crippen molar-refractivity contribution in [2.45, 2.75) is 64.5 Å². The number of hydrogen-bond acceptors (Lipinski definition) is 2. The van der Waals surface area contributed by atoms with Crippen LogP contribution < -0.4 is 0 Å². The van der Waals surface area contributed by atoms with Crippen LogP contribution in [0.2, 0.25) is 0 Å². The van der Waals surface area contributed by atoms with Gasteiger partial charge in [0.2, 0.25) is 0 Å². The Balaban J connectivity index is 1.59. The fourth-order valence-electron chi connectivity index (χ4n) is 4.58. The molecule has 4 unspecified atom stereocenters. The molecule has 0 amide bonds. The maximum Gasteiger partial charge on any atom is 0.0224 e. The van der Waals surface area contributed by atoms with Gasteiger partial charge in [-0.05, 0) is 50.5 Å². The second-order valence-electron chi connectivity index (χ2n) is 7.09. The molecule has 0 aromatic rings. The van der Waals surface area contributed by atoms with Gasteiger partial charge in [-0.3, -0.25) is 9.80 Å². The standard InChI is InChI=1S/C16H30N2/c1-3-15-11-17-8-4-5-16(17)12-18(15)10-14-7-6-13(2)9-14/h13-16H,3-12H2,1-2H3. The molecule has 2 heteroatoms. The molecule has 18 heavy (non-hydrogen) atoms. The Morgan fingerprint density at radius 3 is 2.72 bits per heavy atom. The largest absolute Gasteiger partial charge is 0.298 e. The van der Waals surface area contributed by atoms with Gasteiger partial charge >= 0.3 is 0 Å². The summed E-state index contributed by atoms with van der Waals surface area (Å²) in [5.74, 6) is 1.99. The van der Waals surface area contributed by atoms with Crippen LogP contribution in [0.15, 0.2) is 0 Å². The van der Waals surface area contributed by atoms with E-state index in [0.29, 0.717) is 0 Å². The third-order valence-corrected chi connectivity index (χ3v) is 5.67. The zero-order valence-corrected chi connectivity index (χ0v) is 12.3. The smallest absolute Gasteiger partial charge is 0.0224 e. The highest BCUT2D eigenvalue weighted by Crippen LogP contribution is 2.33. The molecule has 2 aliphatic heterocycles. The fraction of sp³-hybridized carbons (Fsp3) is 1.00. The highest BCUT2D eigenvalue weighted by Gasteiger charge is 2.36. The van der Waals surface area contributed by atoms with Crippen molar-refractivity contribution >= 4 is 0 Å². The average molecular weight is 250 g/mol. The number of fused-ring (bicyclic) bond motifs is 1. The van der Waals surface area contributed by atoms with E-state index in [9.17, 15) is 0 Å². The van der Waals surface area contributed by atoms with Crippen molar-refractivity contribution in [1.82, 2.24) is 9.80 Å². The van der Waals surface area contributed by atoms with Gasteiger partial charge in [-0.15, -0.1) is 0 Å². The van der Waals surface area contributed by atoms with Gasteiger partial charge in [0, 0.05) is 31.7 Å². The molecule has 0 aromatic carbocycles. The molecular weight excluding hydrogens is 220 g/mol. The fourth-order valence-corrected chi connectivity index (χ4v) is 4.58. The SMILES string of the molecule is CCC1CN2CCCC2CN1CC1CCC(C)C1. The minimum absolute atomic E-state index is 0.843. The average Bonchev–Trinajstić information content (AvgIpc) is 2.97. The third-order valence-electron chi connectivity index (χ3n) is 5.67. The molecule has 104 valence electrons. The van der Waals surface area contributed by atoms with E-state index in [2.05, 4.69) is 23.6 Å². The van der Waals surface area contributed by atoms with E-state index in [4.69, 9.17) is 0 Å². The van der Waals surface area contributed by atoms with Crippen molar-refractivity contribution in [3.63, 3.8) is 0 Å². The van der Waals surface area contributed by atoms with Gasteiger partial charge in [-0.1, -0.05) is 20.3 Å². The van der Waals surface area contributed by atoms with Crippen LogP contribution in [0.3, 0.4) is 0 Å². The lowest BCUT2D eigenvalue weighted by molar-refractivity contribution is 0.0385. The van der Waals surface area contributed by atoms with Crippen LogP contribution in [-0.4, -0.2) is 48.1 Å². The summed E-state index contributed by atoms with van der Waals surface area (Å²) in [4.78, 5) is 5.62. The van der Waals surface area contributed by atoms with Crippen LogP contribution >= 0.6 is 0 Å². The van der Waals surface area contributed by atoms with Crippen molar-refractivity contribution < 1.29 is 0 Å². The quantitative estimate of drug-likeness (QED) is 0.760. The van der Waals surface area contributed by atoms with Crippen molar-refractivity contribution in [3.05, 3.63) is 0 Å². The van der Waals surface area contributed by atoms with Crippen LogP contribution in [0, 0.1) is 11.8 Å². The molecule has 0 aromatic heterocycles. The molecule has 1 aliphatic carbocycles. The van der Waals surface area contributed by atoms with E-state index in [1.807, 2.05) is 0 Å². The first kappa shape index (κ1) is 12.9. The Morgan fingerprint density at radius 1 is 1.11 bits per heavy atom. The Hall–Kier alpha value is -0.0800. The molecule has 3 fully saturated rings. The molecular formula is C16H30N2. The molecule has 0 N–H and O–H groups in total. The molecule has 4 atom stereocenters. The topological polar surface area (TPSA) is 6.48 Å². The zero-order valence-electron chi connectivity index (χ0n) is 12.3. The van der Waals surface area contributed by atoms with Gasteiger partial charge in [0.05, 0.1) is 0 Å². The summed E-state index contributed by atoms with van der Waals surface area (Å²) in [5, 5.41) is 0. The molecule has 3 rings (SSSR count). The van der Waals surface area contributed by atoms with Crippen LogP contribution in [0.25, 0.3) is 0 Å². The van der Waals surface area contributed by atoms with Gasteiger partial charge in [0.15, 0.2) is 0 Å². The maximum absolute atomic E-state index is 2.86. The normalized spacial score (nSPS) is 42.3. The molecule has 0 spiro atoms. The van der Waals surface area contributed by atoms with E-state index in [1.54, 1.807) is 0 Å². The second kappa shape index (κ2) is 5.50. The highest BCUT2D eigenvalue weighted by molar-refractivity contribution is 4.92. The lowest BCUT2D eigenvalue weighted by atomic mass is 10.00. The van der Waals surface area contributed by atoms with E-state index in [-0.39, 0.29) is 0 Å². The summed E-state index contributed by atoms with van der Waals surface area (Å²) in [6.07, 6.45) is 8.68. The Bertz CT molecular complexity index is 278.